The van der Waals surface area contributed by atoms with E-state index >= 15 is 0 Å². The first-order valence-corrected chi connectivity index (χ1v) is 7.71. The Bertz CT molecular complexity index is 652. The summed E-state index contributed by atoms with van der Waals surface area (Å²) in [4.78, 5) is 16.4. The van der Waals surface area contributed by atoms with Crippen LogP contribution in [0.15, 0.2) is 42.7 Å². The SMILES string of the molecule is O=C(NCC1CCCO1)c1cncc(-c2ccc(Cl)cc2)c1. The maximum Gasteiger partial charge on any atom is 0.252 e. The van der Waals surface area contributed by atoms with Crippen molar-refractivity contribution in [2.45, 2.75) is 18.9 Å². The van der Waals surface area contributed by atoms with Crippen LogP contribution in [0.5, 0.6) is 0 Å². The summed E-state index contributed by atoms with van der Waals surface area (Å²) in [6, 6.07) is 9.30. The van der Waals surface area contributed by atoms with Gasteiger partial charge in [-0.15, -0.1) is 0 Å². The highest BCUT2D eigenvalue weighted by Crippen LogP contribution is 2.21. The van der Waals surface area contributed by atoms with Crippen LogP contribution in [0.2, 0.25) is 5.02 Å². The predicted octanol–water partition coefficient (Wildman–Crippen LogP) is 3.31. The molecule has 1 aliphatic rings. The van der Waals surface area contributed by atoms with Crippen LogP contribution in [0.1, 0.15) is 23.2 Å². The Labute approximate surface area is 134 Å². The Morgan fingerprint density at radius 1 is 1.27 bits per heavy atom. The number of carbonyl (C=O) groups excluding carboxylic acids is 1. The van der Waals surface area contributed by atoms with Gasteiger partial charge in [0.2, 0.25) is 0 Å². The number of amides is 1. The fourth-order valence-electron chi connectivity index (χ4n) is 2.48. The molecule has 1 N–H and O–H groups in total. The van der Waals surface area contributed by atoms with Gasteiger partial charge in [0, 0.05) is 36.1 Å². The number of hydrogen-bond acceptors (Lipinski definition) is 3. The number of ether oxygens (including phenoxy) is 1. The van der Waals surface area contributed by atoms with E-state index in [0.717, 1.165) is 30.6 Å². The molecule has 1 unspecified atom stereocenters. The summed E-state index contributed by atoms with van der Waals surface area (Å²) in [5.74, 6) is -0.126. The largest absolute Gasteiger partial charge is 0.376 e. The molecule has 4 nitrogen and oxygen atoms in total. The summed E-state index contributed by atoms with van der Waals surface area (Å²) in [6.45, 7) is 1.33. The van der Waals surface area contributed by atoms with Crippen molar-refractivity contribution >= 4 is 17.5 Å². The van der Waals surface area contributed by atoms with Gasteiger partial charge in [0.1, 0.15) is 0 Å². The second-order valence-corrected chi connectivity index (χ2v) is 5.75. The van der Waals surface area contributed by atoms with E-state index < -0.39 is 0 Å². The number of nitrogens with one attached hydrogen (secondary N) is 1. The number of halogens is 1. The lowest BCUT2D eigenvalue weighted by atomic mass is 10.1. The van der Waals surface area contributed by atoms with Crippen LogP contribution < -0.4 is 5.32 Å². The third-order valence-corrected chi connectivity index (χ3v) is 3.94. The number of carbonyl (C=O) groups is 1. The maximum absolute atomic E-state index is 12.2. The van der Waals surface area contributed by atoms with Crippen molar-refractivity contribution in [1.29, 1.82) is 0 Å². The molecule has 0 aliphatic carbocycles. The quantitative estimate of drug-likeness (QED) is 0.941. The van der Waals surface area contributed by atoms with Crippen molar-refractivity contribution < 1.29 is 9.53 Å². The maximum atomic E-state index is 12.2. The van der Waals surface area contributed by atoms with Gasteiger partial charge in [-0.05, 0) is 36.6 Å². The standard InChI is InChI=1S/C17H17ClN2O2/c18-15-5-3-12(4-6-15)13-8-14(10-19-9-13)17(21)20-11-16-2-1-7-22-16/h3-6,8-10,16H,1-2,7,11H2,(H,20,21). The molecule has 1 aromatic heterocycles. The van der Waals surface area contributed by atoms with Crippen molar-refractivity contribution in [3.63, 3.8) is 0 Å². The van der Waals surface area contributed by atoms with Crippen LogP contribution in [0.3, 0.4) is 0 Å². The van der Waals surface area contributed by atoms with Crippen molar-refractivity contribution in [2.24, 2.45) is 0 Å². The van der Waals surface area contributed by atoms with Gasteiger partial charge in [0.15, 0.2) is 0 Å². The van der Waals surface area contributed by atoms with Gasteiger partial charge in [-0.1, -0.05) is 23.7 Å². The van der Waals surface area contributed by atoms with Crippen LogP contribution in [0.4, 0.5) is 0 Å². The molecule has 1 fully saturated rings. The number of benzene rings is 1. The zero-order valence-electron chi connectivity index (χ0n) is 12.1. The van der Waals surface area contributed by atoms with E-state index in [4.69, 9.17) is 16.3 Å². The van der Waals surface area contributed by atoms with Crippen LogP contribution in [0, 0.1) is 0 Å². The monoisotopic (exact) mass is 316 g/mol. The Kier molecular flexibility index (Phi) is 4.71. The smallest absolute Gasteiger partial charge is 0.252 e. The first-order valence-electron chi connectivity index (χ1n) is 7.33. The van der Waals surface area contributed by atoms with Gasteiger partial charge in [0.25, 0.3) is 5.91 Å². The minimum absolute atomic E-state index is 0.126. The number of nitrogens with zero attached hydrogens (tertiary/aromatic N) is 1. The van der Waals surface area contributed by atoms with Gasteiger partial charge >= 0.3 is 0 Å². The van der Waals surface area contributed by atoms with E-state index in [0.29, 0.717) is 17.1 Å². The second kappa shape index (κ2) is 6.90. The van der Waals surface area contributed by atoms with Crippen LogP contribution in [0.25, 0.3) is 11.1 Å². The molecule has 2 aromatic rings. The third kappa shape index (κ3) is 3.64. The molecule has 22 heavy (non-hydrogen) atoms. The van der Waals surface area contributed by atoms with Crippen molar-refractivity contribution in [2.75, 3.05) is 13.2 Å². The van der Waals surface area contributed by atoms with E-state index in [-0.39, 0.29) is 12.0 Å². The fraction of sp³-hybridized carbons (Fsp3) is 0.294. The first-order chi connectivity index (χ1) is 10.7. The van der Waals surface area contributed by atoms with E-state index in [1.807, 2.05) is 30.3 Å². The van der Waals surface area contributed by atoms with Gasteiger partial charge in [-0.25, -0.2) is 0 Å². The minimum Gasteiger partial charge on any atom is -0.376 e. The molecule has 1 saturated heterocycles. The Balaban J connectivity index is 1.69. The molecular formula is C17H17ClN2O2. The average molecular weight is 317 g/mol. The lowest BCUT2D eigenvalue weighted by molar-refractivity contribution is 0.0857. The lowest BCUT2D eigenvalue weighted by Crippen LogP contribution is -2.31. The molecule has 0 bridgehead atoms. The number of rotatable bonds is 4. The summed E-state index contributed by atoms with van der Waals surface area (Å²) < 4.78 is 5.50. The summed E-state index contributed by atoms with van der Waals surface area (Å²) in [6.07, 6.45) is 5.51. The summed E-state index contributed by atoms with van der Waals surface area (Å²) in [7, 11) is 0. The average Bonchev–Trinajstić information content (AvgIpc) is 3.07. The van der Waals surface area contributed by atoms with Gasteiger partial charge < -0.3 is 10.1 Å². The fourth-order valence-corrected chi connectivity index (χ4v) is 2.60. The number of pyridine rings is 1. The number of hydrogen-bond donors (Lipinski definition) is 1. The molecule has 0 spiro atoms. The third-order valence-electron chi connectivity index (χ3n) is 3.69. The molecular weight excluding hydrogens is 300 g/mol. The zero-order valence-corrected chi connectivity index (χ0v) is 12.8. The predicted molar refractivity (Wildman–Crippen MR) is 86.0 cm³/mol. The Hall–Kier alpha value is -1.91. The highest BCUT2D eigenvalue weighted by atomic mass is 35.5. The molecule has 5 heteroatoms. The molecule has 0 saturated carbocycles. The van der Waals surface area contributed by atoms with Crippen molar-refractivity contribution in [3.05, 3.63) is 53.3 Å². The molecule has 114 valence electrons. The topological polar surface area (TPSA) is 51.2 Å². The molecule has 1 aliphatic heterocycles. The van der Waals surface area contributed by atoms with Crippen molar-refractivity contribution in [3.8, 4) is 11.1 Å². The van der Waals surface area contributed by atoms with Crippen LogP contribution >= 0.6 is 11.6 Å². The Morgan fingerprint density at radius 3 is 2.82 bits per heavy atom. The highest BCUT2D eigenvalue weighted by Gasteiger charge is 2.17. The second-order valence-electron chi connectivity index (χ2n) is 5.31. The summed E-state index contributed by atoms with van der Waals surface area (Å²) >= 11 is 5.89. The van der Waals surface area contributed by atoms with Gasteiger partial charge in [-0.3, -0.25) is 9.78 Å². The van der Waals surface area contributed by atoms with E-state index in [1.54, 1.807) is 12.4 Å². The zero-order chi connectivity index (χ0) is 15.4. The normalized spacial score (nSPS) is 17.4. The van der Waals surface area contributed by atoms with Crippen molar-refractivity contribution in [1.82, 2.24) is 10.3 Å². The van der Waals surface area contributed by atoms with Crippen LogP contribution in [-0.4, -0.2) is 30.1 Å². The van der Waals surface area contributed by atoms with E-state index in [1.165, 1.54) is 0 Å². The van der Waals surface area contributed by atoms with Crippen LogP contribution in [-0.2, 0) is 4.74 Å². The Morgan fingerprint density at radius 2 is 2.09 bits per heavy atom. The minimum atomic E-state index is -0.126. The lowest BCUT2D eigenvalue weighted by Gasteiger charge is -2.11. The van der Waals surface area contributed by atoms with Gasteiger partial charge in [-0.2, -0.15) is 0 Å². The molecule has 1 aromatic carbocycles. The molecule has 1 amide bonds. The number of aromatic nitrogens is 1. The molecule has 2 heterocycles. The molecule has 0 radical (unpaired) electrons. The molecule has 3 rings (SSSR count). The summed E-state index contributed by atoms with van der Waals surface area (Å²) in [5.41, 5.74) is 2.41. The molecule has 1 atom stereocenters. The summed E-state index contributed by atoms with van der Waals surface area (Å²) in [5, 5.41) is 3.59. The first kappa shape index (κ1) is 15.0. The van der Waals surface area contributed by atoms with Gasteiger partial charge in [0.05, 0.1) is 11.7 Å². The van der Waals surface area contributed by atoms with E-state index in [2.05, 4.69) is 10.3 Å². The highest BCUT2D eigenvalue weighted by molar-refractivity contribution is 6.30. The van der Waals surface area contributed by atoms with E-state index in [9.17, 15) is 4.79 Å².